The number of aliphatic hydroxyl groups is 1. The number of carbonyl (C=O) groups excluding carboxylic acids is 1. The zero-order chi connectivity index (χ0) is 17.8. The maximum Gasteiger partial charge on any atom is 0.317 e. The van der Waals surface area contributed by atoms with E-state index in [1.807, 2.05) is 6.20 Å². The Labute approximate surface area is 146 Å². The van der Waals surface area contributed by atoms with Crippen molar-refractivity contribution in [1.29, 1.82) is 0 Å². The van der Waals surface area contributed by atoms with Crippen molar-refractivity contribution in [2.24, 2.45) is 0 Å². The van der Waals surface area contributed by atoms with E-state index in [9.17, 15) is 14.3 Å². The minimum absolute atomic E-state index is 0.107. The lowest BCUT2D eigenvalue weighted by Crippen LogP contribution is -2.53. The standard InChI is InChI=1S/C18H24FN3O3/c1-12(23)8-15-11-25-7-6-22(15)18(24)20-5-4-13-10-21-17-9-14(19)2-3-16(13)17/h2-3,9-10,12,15,21,23H,4-8,11H2,1H3,(H,20,24). The molecule has 6 nitrogen and oxygen atoms in total. The summed E-state index contributed by atoms with van der Waals surface area (Å²) in [5, 5.41) is 13.5. The Morgan fingerprint density at radius 1 is 1.56 bits per heavy atom. The summed E-state index contributed by atoms with van der Waals surface area (Å²) in [6.45, 7) is 3.69. The number of urea groups is 1. The van der Waals surface area contributed by atoms with Crippen LogP contribution >= 0.6 is 0 Å². The van der Waals surface area contributed by atoms with E-state index in [2.05, 4.69) is 10.3 Å². The summed E-state index contributed by atoms with van der Waals surface area (Å²) < 4.78 is 18.6. The van der Waals surface area contributed by atoms with Crippen molar-refractivity contribution in [3.05, 3.63) is 35.8 Å². The number of aromatic nitrogens is 1. The van der Waals surface area contributed by atoms with Gasteiger partial charge in [0.15, 0.2) is 0 Å². The first-order valence-electron chi connectivity index (χ1n) is 8.60. The predicted octanol–water partition coefficient (Wildman–Crippen LogP) is 2.03. The second kappa shape index (κ2) is 7.84. The molecule has 2 unspecified atom stereocenters. The zero-order valence-corrected chi connectivity index (χ0v) is 14.3. The number of aliphatic hydroxyl groups excluding tert-OH is 1. The second-order valence-corrected chi connectivity index (χ2v) is 6.49. The molecule has 1 fully saturated rings. The maximum atomic E-state index is 13.2. The molecule has 1 aliphatic heterocycles. The fourth-order valence-corrected chi connectivity index (χ4v) is 3.28. The van der Waals surface area contributed by atoms with E-state index in [0.717, 1.165) is 16.5 Å². The Morgan fingerprint density at radius 3 is 3.20 bits per heavy atom. The predicted molar refractivity (Wildman–Crippen MR) is 93.0 cm³/mol. The molecular formula is C18H24FN3O3. The third kappa shape index (κ3) is 4.29. The van der Waals surface area contributed by atoms with Gasteiger partial charge in [-0.3, -0.25) is 0 Å². The summed E-state index contributed by atoms with van der Waals surface area (Å²) in [6.07, 6.45) is 2.53. The van der Waals surface area contributed by atoms with Crippen LogP contribution in [0.15, 0.2) is 24.4 Å². The van der Waals surface area contributed by atoms with Crippen molar-refractivity contribution in [3.8, 4) is 0 Å². The van der Waals surface area contributed by atoms with Crippen LogP contribution in [0, 0.1) is 5.82 Å². The highest BCUT2D eigenvalue weighted by molar-refractivity contribution is 5.83. The highest BCUT2D eigenvalue weighted by Crippen LogP contribution is 2.19. The molecular weight excluding hydrogens is 325 g/mol. The first kappa shape index (κ1) is 17.7. The molecule has 0 saturated carbocycles. The van der Waals surface area contributed by atoms with Gasteiger partial charge in [0.1, 0.15) is 5.82 Å². The van der Waals surface area contributed by atoms with Crippen LogP contribution < -0.4 is 5.32 Å². The van der Waals surface area contributed by atoms with Gasteiger partial charge in [-0.05, 0) is 43.5 Å². The van der Waals surface area contributed by atoms with Gasteiger partial charge < -0.3 is 25.0 Å². The molecule has 0 bridgehead atoms. The SMILES string of the molecule is CC(O)CC1COCCN1C(=O)NCCc1c[nH]c2cc(F)ccc12. The number of carbonyl (C=O) groups is 1. The number of benzene rings is 1. The van der Waals surface area contributed by atoms with Crippen molar-refractivity contribution >= 4 is 16.9 Å². The summed E-state index contributed by atoms with van der Waals surface area (Å²) in [5.74, 6) is -0.273. The van der Waals surface area contributed by atoms with Crippen LogP contribution in [0.3, 0.4) is 0 Å². The lowest BCUT2D eigenvalue weighted by Gasteiger charge is -2.36. The molecule has 2 atom stereocenters. The molecule has 2 amide bonds. The lowest BCUT2D eigenvalue weighted by atomic mass is 10.1. The molecule has 0 spiro atoms. The fraction of sp³-hybridized carbons (Fsp3) is 0.500. The van der Waals surface area contributed by atoms with E-state index in [0.29, 0.717) is 39.1 Å². The van der Waals surface area contributed by atoms with Crippen molar-refractivity contribution in [1.82, 2.24) is 15.2 Å². The van der Waals surface area contributed by atoms with Crippen molar-refractivity contribution < 1.29 is 19.0 Å². The Kier molecular flexibility index (Phi) is 5.55. The number of amides is 2. The number of nitrogens with zero attached hydrogens (tertiary/aromatic N) is 1. The van der Waals surface area contributed by atoms with Crippen LogP contribution in [0.4, 0.5) is 9.18 Å². The highest BCUT2D eigenvalue weighted by Gasteiger charge is 2.28. The maximum absolute atomic E-state index is 13.2. The molecule has 1 aromatic carbocycles. The smallest absolute Gasteiger partial charge is 0.317 e. The largest absolute Gasteiger partial charge is 0.393 e. The van der Waals surface area contributed by atoms with Crippen LogP contribution in [0.1, 0.15) is 18.9 Å². The first-order chi connectivity index (χ1) is 12.0. The van der Waals surface area contributed by atoms with Gasteiger partial charge in [-0.25, -0.2) is 9.18 Å². The number of rotatable bonds is 5. The monoisotopic (exact) mass is 349 g/mol. The van der Waals surface area contributed by atoms with Crippen molar-refractivity contribution in [2.45, 2.75) is 31.9 Å². The van der Waals surface area contributed by atoms with E-state index >= 15 is 0 Å². The fourth-order valence-electron chi connectivity index (χ4n) is 3.28. The van der Waals surface area contributed by atoms with Gasteiger partial charge in [0.25, 0.3) is 0 Å². The van der Waals surface area contributed by atoms with Gasteiger partial charge in [0.2, 0.25) is 0 Å². The lowest BCUT2D eigenvalue weighted by molar-refractivity contribution is -0.00425. The second-order valence-electron chi connectivity index (χ2n) is 6.49. The van der Waals surface area contributed by atoms with Crippen LogP contribution in [-0.2, 0) is 11.2 Å². The average Bonchev–Trinajstić information content (AvgIpc) is 2.97. The molecule has 2 heterocycles. The number of hydrogen-bond donors (Lipinski definition) is 3. The molecule has 3 rings (SSSR count). The molecule has 7 heteroatoms. The van der Waals surface area contributed by atoms with E-state index in [4.69, 9.17) is 4.74 Å². The molecule has 1 aromatic heterocycles. The number of nitrogens with one attached hydrogen (secondary N) is 2. The number of morpholine rings is 1. The quantitative estimate of drug-likeness (QED) is 0.773. The summed E-state index contributed by atoms with van der Waals surface area (Å²) in [5.41, 5.74) is 1.80. The number of H-pyrrole nitrogens is 1. The molecule has 136 valence electrons. The van der Waals surface area contributed by atoms with Gasteiger partial charge in [-0.1, -0.05) is 0 Å². The van der Waals surface area contributed by atoms with Gasteiger partial charge in [-0.2, -0.15) is 0 Å². The summed E-state index contributed by atoms with van der Waals surface area (Å²) in [7, 11) is 0. The number of halogens is 1. The summed E-state index contributed by atoms with van der Waals surface area (Å²) >= 11 is 0. The number of hydrogen-bond acceptors (Lipinski definition) is 3. The first-order valence-corrected chi connectivity index (χ1v) is 8.60. The van der Waals surface area contributed by atoms with Crippen LogP contribution in [-0.4, -0.2) is 59.5 Å². The van der Waals surface area contributed by atoms with Gasteiger partial charge in [0, 0.05) is 30.2 Å². The van der Waals surface area contributed by atoms with E-state index in [-0.39, 0.29) is 17.9 Å². The molecule has 1 saturated heterocycles. The Balaban J connectivity index is 1.56. The third-order valence-corrected chi connectivity index (χ3v) is 4.50. The van der Waals surface area contributed by atoms with E-state index in [1.165, 1.54) is 12.1 Å². The topological polar surface area (TPSA) is 77.6 Å². The van der Waals surface area contributed by atoms with Gasteiger partial charge >= 0.3 is 6.03 Å². The molecule has 0 aliphatic carbocycles. The minimum atomic E-state index is -0.478. The van der Waals surface area contributed by atoms with E-state index in [1.54, 1.807) is 17.9 Å². The Hall–Kier alpha value is -2.12. The normalized spacial score (nSPS) is 19.2. The summed E-state index contributed by atoms with van der Waals surface area (Å²) in [6, 6.07) is 4.40. The highest BCUT2D eigenvalue weighted by atomic mass is 19.1. The Morgan fingerprint density at radius 2 is 2.40 bits per heavy atom. The molecule has 0 radical (unpaired) electrons. The number of ether oxygens (including phenoxy) is 1. The van der Waals surface area contributed by atoms with Crippen LogP contribution in [0.25, 0.3) is 10.9 Å². The third-order valence-electron chi connectivity index (χ3n) is 4.50. The van der Waals surface area contributed by atoms with Crippen molar-refractivity contribution in [2.75, 3.05) is 26.3 Å². The molecule has 1 aliphatic rings. The molecule has 2 aromatic rings. The number of fused-ring (bicyclic) bond motifs is 1. The molecule has 25 heavy (non-hydrogen) atoms. The molecule has 3 N–H and O–H groups in total. The van der Waals surface area contributed by atoms with Crippen LogP contribution in [0.5, 0.6) is 0 Å². The number of aromatic amines is 1. The Bertz CT molecular complexity index is 731. The van der Waals surface area contributed by atoms with Crippen LogP contribution in [0.2, 0.25) is 0 Å². The zero-order valence-electron chi connectivity index (χ0n) is 14.3. The van der Waals surface area contributed by atoms with Gasteiger partial charge in [0.05, 0.1) is 25.4 Å². The average molecular weight is 349 g/mol. The van der Waals surface area contributed by atoms with E-state index < -0.39 is 6.10 Å². The van der Waals surface area contributed by atoms with Crippen molar-refractivity contribution in [3.63, 3.8) is 0 Å². The minimum Gasteiger partial charge on any atom is -0.393 e. The van der Waals surface area contributed by atoms with Gasteiger partial charge in [-0.15, -0.1) is 0 Å². The summed E-state index contributed by atoms with van der Waals surface area (Å²) in [4.78, 5) is 17.2.